The first-order chi connectivity index (χ1) is 10.2. The maximum atomic E-state index is 12.2. The number of morpholine rings is 1. The van der Waals surface area contributed by atoms with Gasteiger partial charge in [0.1, 0.15) is 5.82 Å². The molecular formula is C16H19N3O2. The molecule has 1 aromatic heterocycles. The third kappa shape index (κ3) is 3.20. The van der Waals surface area contributed by atoms with E-state index in [1.54, 1.807) is 17.7 Å². The van der Waals surface area contributed by atoms with Crippen molar-refractivity contribution in [2.24, 2.45) is 7.05 Å². The van der Waals surface area contributed by atoms with Gasteiger partial charge in [-0.05, 0) is 0 Å². The first kappa shape index (κ1) is 14.0. The third-order valence-electron chi connectivity index (χ3n) is 3.77. The Balaban J connectivity index is 1.92. The van der Waals surface area contributed by atoms with E-state index >= 15 is 0 Å². The van der Waals surface area contributed by atoms with Crippen LogP contribution in [-0.2, 0) is 18.3 Å². The lowest BCUT2D eigenvalue weighted by Gasteiger charge is -2.26. The molecule has 2 heterocycles. The summed E-state index contributed by atoms with van der Waals surface area (Å²) in [5, 5.41) is 0. The molecule has 0 radical (unpaired) electrons. The minimum absolute atomic E-state index is 0.0212. The molecule has 110 valence electrons. The summed E-state index contributed by atoms with van der Waals surface area (Å²) in [5.41, 5.74) is 1.69. The Morgan fingerprint density at radius 1 is 1.19 bits per heavy atom. The zero-order chi connectivity index (χ0) is 14.7. The van der Waals surface area contributed by atoms with Crippen LogP contribution in [0, 0.1) is 0 Å². The molecule has 1 aliphatic heterocycles. The smallest absolute Gasteiger partial charge is 0.253 e. The van der Waals surface area contributed by atoms with Crippen LogP contribution in [0.3, 0.4) is 0 Å². The minimum atomic E-state index is -0.0212. The molecule has 1 fully saturated rings. The number of benzene rings is 1. The van der Waals surface area contributed by atoms with E-state index < -0.39 is 0 Å². The number of aromatic nitrogens is 2. The van der Waals surface area contributed by atoms with Crippen LogP contribution in [0.1, 0.15) is 5.82 Å². The highest BCUT2D eigenvalue weighted by Crippen LogP contribution is 2.15. The van der Waals surface area contributed by atoms with Crippen molar-refractivity contribution in [1.29, 1.82) is 0 Å². The third-order valence-corrected chi connectivity index (χ3v) is 3.77. The minimum Gasteiger partial charge on any atom is -0.379 e. The van der Waals surface area contributed by atoms with E-state index in [2.05, 4.69) is 9.88 Å². The van der Waals surface area contributed by atoms with Gasteiger partial charge in [0.25, 0.3) is 5.56 Å². The van der Waals surface area contributed by atoms with E-state index in [-0.39, 0.29) is 5.56 Å². The van der Waals surface area contributed by atoms with Crippen LogP contribution in [-0.4, -0.2) is 40.8 Å². The topological polar surface area (TPSA) is 47.4 Å². The Morgan fingerprint density at radius 3 is 2.62 bits per heavy atom. The van der Waals surface area contributed by atoms with Crippen molar-refractivity contribution in [2.45, 2.75) is 6.54 Å². The quantitative estimate of drug-likeness (QED) is 0.852. The summed E-state index contributed by atoms with van der Waals surface area (Å²) in [7, 11) is 1.78. The fraction of sp³-hybridized carbons (Fsp3) is 0.375. The molecule has 3 rings (SSSR count). The summed E-state index contributed by atoms with van der Waals surface area (Å²) in [4.78, 5) is 19.1. The Morgan fingerprint density at radius 2 is 1.90 bits per heavy atom. The summed E-state index contributed by atoms with van der Waals surface area (Å²) >= 11 is 0. The fourth-order valence-electron chi connectivity index (χ4n) is 2.44. The number of hydrogen-bond donors (Lipinski definition) is 0. The first-order valence-electron chi connectivity index (χ1n) is 7.16. The van der Waals surface area contributed by atoms with Gasteiger partial charge in [0.15, 0.2) is 0 Å². The van der Waals surface area contributed by atoms with E-state index in [0.717, 1.165) is 43.4 Å². The molecule has 0 atom stereocenters. The molecule has 0 bridgehead atoms. The zero-order valence-corrected chi connectivity index (χ0v) is 12.2. The first-order valence-corrected chi connectivity index (χ1v) is 7.16. The highest BCUT2D eigenvalue weighted by molar-refractivity contribution is 5.58. The van der Waals surface area contributed by atoms with Crippen LogP contribution >= 0.6 is 0 Å². The van der Waals surface area contributed by atoms with Gasteiger partial charge >= 0.3 is 0 Å². The molecular weight excluding hydrogens is 266 g/mol. The second-order valence-corrected chi connectivity index (χ2v) is 5.21. The Hall–Kier alpha value is -1.98. The van der Waals surface area contributed by atoms with E-state index in [1.165, 1.54) is 0 Å². The molecule has 1 aromatic carbocycles. The normalized spacial score (nSPS) is 16.0. The second-order valence-electron chi connectivity index (χ2n) is 5.21. The summed E-state index contributed by atoms with van der Waals surface area (Å²) in [6, 6.07) is 11.4. The molecule has 0 amide bonds. The van der Waals surface area contributed by atoms with Crippen LogP contribution in [0.2, 0.25) is 0 Å². The fourth-order valence-corrected chi connectivity index (χ4v) is 2.44. The van der Waals surface area contributed by atoms with E-state index in [0.29, 0.717) is 6.54 Å². The van der Waals surface area contributed by atoms with Gasteiger partial charge < -0.3 is 4.74 Å². The lowest BCUT2D eigenvalue weighted by Crippen LogP contribution is -2.37. The molecule has 0 N–H and O–H groups in total. The maximum Gasteiger partial charge on any atom is 0.253 e. The molecule has 0 saturated carbocycles. The van der Waals surface area contributed by atoms with Gasteiger partial charge in [-0.25, -0.2) is 4.98 Å². The molecule has 0 spiro atoms. The maximum absolute atomic E-state index is 12.2. The highest BCUT2D eigenvalue weighted by atomic mass is 16.5. The molecule has 5 heteroatoms. The van der Waals surface area contributed by atoms with E-state index in [4.69, 9.17) is 4.74 Å². The van der Waals surface area contributed by atoms with E-state index in [1.807, 2.05) is 30.3 Å². The summed E-state index contributed by atoms with van der Waals surface area (Å²) in [6.07, 6.45) is 0. The standard InChI is InChI=1S/C16H19N3O2/c1-18-15(12-19-7-9-21-10-8-19)17-14(11-16(18)20)13-5-3-2-4-6-13/h2-6,11H,7-10,12H2,1H3. The summed E-state index contributed by atoms with van der Waals surface area (Å²) < 4.78 is 6.98. The van der Waals surface area contributed by atoms with Crippen molar-refractivity contribution >= 4 is 0 Å². The van der Waals surface area contributed by atoms with Gasteiger partial charge in [-0.3, -0.25) is 14.3 Å². The predicted octanol–water partition coefficient (Wildman–Crippen LogP) is 1.28. The van der Waals surface area contributed by atoms with Crippen molar-refractivity contribution in [3.8, 4) is 11.3 Å². The van der Waals surface area contributed by atoms with Gasteiger partial charge in [0.2, 0.25) is 0 Å². The second kappa shape index (κ2) is 6.20. The predicted molar refractivity (Wildman–Crippen MR) is 81.0 cm³/mol. The van der Waals surface area contributed by atoms with Crippen LogP contribution in [0.25, 0.3) is 11.3 Å². The van der Waals surface area contributed by atoms with Gasteiger partial charge in [-0.15, -0.1) is 0 Å². The Labute approximate surface area is 123 Å². The van der Waals surface area contributed by atoms with Crippen molar-refractivity contribution in [3.63, 3.8) is 0 Å². The van der Waals surface area contributed by atoms with Crippen molar-refractivity contribution in [3.05, 3.63) is 52.6 Å². The van der Waals surface area contributed by atoms with Crippen molar-refractivity contribution in [1.82, 2.24) is 14.5 Å². The van der Waals surface area contributed by atoms with Gasteiger partial charge in [-0.1, -0.05) is 30.3 Å². The van der Waals surface area contributed by atoms with Crippen LogP contribution in [0.15, 0.2) is 41.2 Å². The van der Waals surface area contributed by atoms with Crippen molar-refractivity contribution in [2.75, 3.05) is 26.3 Å². The lowest BCUT2D eigenvalue weighted by atomic mass is 10.1. The van der Waals surface area contributed by atoms with Crippen LogP contribution in [0.5, 0.6) is 0 Å². The van der Waals surface area contributed by atoms with Crippen LogP contribution < -0.4 is 5.56 Å². The molecule has 1 saturated heterocycles. The summed E-state index contributed by atoms with van der Waals surface area (Å²) in [6.45, 7) is 3.92. The van der Waals surface area contributed by atoms with Gasteiger partial charge in [0, 0.05) is 31.8 Å². The molecule has 0 unspecified atom stereocenters. The van der Waals surface area contributed by atoms with Crippen molar-refractivity contribution < 1.29 is 4.74 Å². The van der Waals surface area contributed by atoms with Crippen LogP contribution in [0.4, 0.5) is 0 Å². The van der Waals surface area contributed by atoms with Gasteiger partial charge in [-0.2, -0.15) is 0 Å². The average Bonchev–Trinajstić information content (AvgIpc) is 2.53. The number of ether oxygens (including phenoxy) is 1. The lowest BCUT2D eigenvalue weighted by molar-refractivity contribution is 0.0325. The summed E-state index contributed by atoms with van der Waals surface area (Å²) in [5.74, 6) is 0.795. The number of nitrogens with zero attached hydrogens (tertiary/aromatic N) is 3. The Kier molecular flexibility index (Phi) is 4.13. The molecule has 2 aromatic rings. The molecule has 1 aliphatic rings. The van der Waals surface area contributed by atoms with E-state index in [9.17, 15) is 4.79 Å². The zero-order valence-electron chi connectivity index (χ0n) is 12.2. The number of hydrogen-bond acceptors (Lipinski definition) is 4. The average molecular weight is 285 g/mol. The Bertz CT molecular complexity index is 661. The SMILES string of the molecule is Cn1c(CN2CCOCC2)nc(-c2ccccc2)cc1=O. The molecule has 0 aliphatic carbocycles. The largest absolute Gasteiger partial charge is 0.379 e. The number of rotatable bonds is 3. The molecule has 5 nitrogen and oxygen atoms in total. The highest BCUT2D eigenvalue weighted by Gasteiger charge is 2.14. The van der Waals surface area contributed by atoms with Gasteiger partial charge in [0.05, 0.1) is 25.5 Å². The molecule has 21 heavy (non-hydrogen) atoms. The monoisotopic (exact) mass is 285 g/mol.